The summed E-state index contributed by atoms with van der Waals surface area (Å²) < 4.78 is 5.16. The lowest BCUT2D eigenvalue weighted by Gasteiger charge is -2.19. The van der Waals surface area contributed by atoms with Crippen molar-refractivity contribution in [2.75, 3.05) is 30.5 Å². The molecule has 0 fully saturated rings. The number of carbonyl (C=O) groups excluding carboxylic acids is 1. The second-order valence-corrected chi connectivity index (χ2v) is 6.43. The maximum Gasteiger partial charge on any atom is 0.407 e. The fraction of sp³-hybridized carbons (Fsp3) is 0.562. The third kappa shape index (κ3) is 8.39. The van der Waals surface area contributed by atoms with Gasteiger partial charge in [0.05, 0.1) is 12.6 Å². The van der Waals surface area contributed by atoms with Crippen LogP contribution >= 0.6 is 23.4 Å². The summed E-state index contributed by atoms with van der Waals surface area (Å²) in [5.41, 5.74) is 0.947. The number of anilines is 1. The Morgan fingerprint density at radius 2 is 2.27 bits per heavy atom. The van der Waals surface area contributed by atoms with Crippen LogP contribution in [0.3, 0.4) is 0 Å². The molecule has 22 heavy (non-hydrogen) atoms. The molecule has 0 aliphatic rings. The van der Waals surface area contributed by atoms with Crippen molar-refractivity contribution >= 4 is 35.1 Å². The Kier molecular flexibility index (Phi) is 9.91. The summed E-state index contributed by atoms with van der Waals surface area (Å²) in [5.74, 6) is 0.983. The van der Waals surface area contributed by atoms with Gasteiger partial charge in [-0.15, -0.1) is 0 Å². The first kappa shape index (κ1) is 19.0. The Balaban J connectivity index is 2.43. The molecule has 6 heteroatoms. The summed E-state index contributed by atoms with van der Waals surface area (Å²) in [6, 6.07) is 7.58. The maximum absolute atomic E-state index is 11.8. The van der Waals surface area contributed by atoms with Crippen LogP contribution in [0.5, 0.6) is 0 Å². The summed E-state index contributed by atoms with van der Waals surface area (Å²) in [4.78, 5) is 11.8. The minimum Gasteiger partial charge on any atom is -0.450 e. The summed E-state index contributed by atoms with van der Waals surface area (Å²) in [7, 11) is 0. The SMILES string of the molecule is CCCCOC(=O)NC(CCSC)CNc1cccc(Cl)c1. The van der Waals surface area contributed by atoms with Gasteiger partial charge in [-0.3, -0.25) is 0 Å². The highest BCUT2D eigenvalue weighted by atomic mass is 35.5. The van der Waals surface area contributed by atoms with Gasteiger partial charge in [-0.2, -0.15) is 11.8 Å². The molecule has 0 aliphatic heterocycles. The summed E-state index contributed by atoms with van der Waals surface area (Å²) in [6.45, 7) is 3.18. The molecule has 1 atom stereocenters. The Morgan fingerprint density at radius 3 is 2.95 bits per heavy atom. The summed E-state index contributed by atoms with van der Waals surface area (Å²) in [6.07, 6.45) is 4.51. The minimum atomic E-state index is -0.340. The lowest BCUT2D eigenvalue weighted by molar-refractivity contribution is 0.141. The molecule has 0 spiro atoms. The molecule has 0 saturated heterocycles. The van der Waals surface area contributed by atoms with Crippen LogP contribution in [0.15, 0.2) is 24.3 Å². The van der Waals surface area contributed by atoms with E-state index in [1.165, 1.54) is 0 Å². The van der Waals surface area contributed by atoms with Crippen LogP contribution in [0, 0.1) is 0 Å². The average molecular weight is 345 g/mol. The zero-order valence-electron chi connectivity index (χ0n) is 13.2. The van der Waals surface area contributed by atoms with E-state index in [4.69, 9.17) is 16.3 Å². The zero-order valence-corrected chi connectivity index (χ0v) is 14.8. The van der Waals surface area contributed by atoms with Gasteiger partial charge < -0.3 is 15.4 Å². The Labute approximate surface area is 142 Å². The molecule has 4 nitrogen and oxygen atoms in total. The van der Waals surface area contributed by atoms with E-state index in [2.05, 4.69) is 23.8 Å². The van der Waals surface area contributed by atoms with Gasteiger partial charge in [-0.25, -0.2) is 4.79 Å². The Hall–Kier alpha value is -1.07. The maximum atomic E-state index is 11.8. The lowest BCUT2D eigenvalue weighted by atomic mass is 10.2. The highest BCUT2D eigenvalue weighted by Crippen LogP contribution is 2.15. The zero-order chi connectivity index (χ0) is 16.2. The smallest absolute Gasteiger partial charge is 0.407 e. The van der Waals surface area contributed by atoms with Crippen LogP contribution in [-0.2, 0) is 4.74 Å². The molecular weight excluding hydrogens is 320 g/mol. The summed E-state index contributed by atoms with van der Waals surface area (Å²) >= 11 is 7.73. The third-order valence-electron chi connectivity index (χ3n) is 3.10. The molecule has 0 aromatic heterocycles. The highest BCUT2D eigenvalue weighted by Gasteiger charge is 2.13. The molecule has 0 heterocycles. The number of benzene rings is 1. The number of unbranched alkanes of at least 4 members (excludes halogenated alkanes) is 1. The van der Waals surface area contributed by atoms with E-state index in [1.54, 1.807) is 11.8 Å². The topological polar surface area (TPSA) is 50.4 Å². The fourth-order valence-corrected chi connectivity index (χ4v) is 2.55. The van der Waals surface area contributed by atoms with Gasteiger partial charge in [0, 0.05) is 17.3 Å². The number of rotatable bonds is 10. The highest BCUT2D eigenvalue weighted by molar-refractivity contribution is 7.98. The standard InChI is InChI=1S/C16H25ClN2O2S/c1-3-4-9-21-16(20)19-15(8-10-22-2)12-18-14-7-5-6-13(17)11-14/h5-7,11,15,18H,3-4,8-10,12H2,1-2H3,(H,19,20). The van der Waals surface area contributed by atoms with E-state index >= 15 is 0 Å². The summed E-state index contributed by atoms with van der Waals surface area (Å²) in [5, 5.41) is 6.92. The van der Waals surface area contributed by atoms with Gasteiger partial charge in [0.1, 0.15) is 0 Å². The number of carbonyl (C=O) groups is 1. The number of nitrogens with one attached hydrogen (secondary N) is 2. The van der Waals surface area contributed by atoms with E-state index in [9.17, 15) is 4.79 Å². The van der Waals surface area contributed by atoms with Crippen molar-refractivity contribution in [1.82, 2.24) is 5.32 Å². The van der Waals surface area contributed by atoms with Crippen molar-refractivity contribution < 1.29 is 9.53 Å². The van der Waals surface area contributed by atoms with Crippen molar-refractivity contribution in [2.45, 2.75) is 32.2 Å². The van der Waals surface area contributed by atoms with Crippen molar-refractivity contribution in [3.8, 4) is 0 Å². The minimum absolute atomic E-state index is 0.0283. The third-order valence-corrected chi connectivity index (χ3v) is 3.98. The first-order valence-electron chi connectivity index (χ1n) is 7.57. The molecule has 0 radical (unpaired) electrons. The molecule has 2 N–H and O–H groups in total. The number of ether oxygens (including phenoxy) is 1. The van der Waals surface area contributed by atoms with Crippen LogP contribution in [0.2, 0.25) is 5.02 Å². The van der Waals surface area contributed by atoms with Crippen LogP contribution in [0.1, 0.15) is 26.2 Å². The second kappa shape index (κ2) is 11.5. The molecule has 0 aliphatic carbocycles. The molecule has 1 aromatic rings. The number of alkyl carbamates (subject to hydrolysis) is 1. The van der Waals surface area contributed by atoms with Crippen LogP contribution in [0.4, 0.5) is 10.5 Å². The van der Waals surface area contributed by atoms with Gasteiger partial charge in [-0.1, -0.05) is 31.0 Å². The van der Waals surface area contributed by atoms with Gasteiger partial charge in [0.25, 0.3) is 0 Å². The number of hydrogen-bond acceptors (Lipinski definition) is 4. The molecule has 1 aromatic carbocycles. The van der Waals surface area contributed by atoms with E-state index in [0.717, 1.165) is 30.7 Å². The average Bonchev–Trinajstić information content (AvgIpc) is 2.50. The number of hydrogen-bond donors (Lipinski definition) is 2. The quantitative estimate of drug-likeness (QED) is 0.618. The number of halogens is 1. The van der Waals surface area contributed by atoms with Crippen molar-refractivity contribution in [2.24, 2.45) is 0 Å². The van der Waals surface area contributed by atoms with E-state index in [-0.39, 0.29) is 12.1 Å². The Morgan fingerprint density at radius 1 is 1.45 bits per heavy atom. The number of thioether (sulfide) groups is 1. The van der Waals surface area contributed by atoms with E-state index < -0.39 is 0 Å². The predicted octanol–water partition coefficient (Wildman–Crippen LogP) is 4.40. The normalized spacial score (nSPS) is 11.8. The van der Waals surface area contributed by atoms with Crippen molar-refractivity contribution in [3.63, 3.8) is 0 Å². The van der Waals surface area contributed by atoms with Crippen LogP contribution in [0.25, 0.3) is 0 Å². The molecule has 1 unspecified atom stereocenters. The molecular formula is C16H25ClN2O2S. The van der Waals surface area contributed by atoms with Gasteiger partial charge in [0.2, 0.25) is 0 Å². The van der Waals surface area contributed by atoms with Crippen LogP contribution in [-0.4, -0.2) is 37.3 Å². The first-order chi connectivity index (χ1) is 10.7. The molecule has 0 bridgehead atoms. The van der Waals surface area contributed by atoms with Crippen molar-refractivity contribution in [3.05, 3.63) is 29.3 Å². The predicted molar refractivity (Wildman–Crippen MR) is 96.1 cm³/mol. The van der Waals surface area contributed by atoms with E-state index in [1.807, 2.05) is 24.3 Å². The second-order valence-electron chi connectivity index (χ2n) is 5.00. The number of amides is 1. The van der Waals surface area contributed by atoms with Gasteiger partial charge >= 0.3 is 6.09 Å². The lowest BCUT2D eigenvalue weighted by Crippen LogP contribution is -2.40. The fourth-order valence-electron chi connectivity index (χ4n) is 1.84. The van der Waals surface area contributed by atoms with Gasteiger partial charge in [0.15, 0.2) is 0 Å². The first-order valence-corrected chi connectivity index (χ1v) is 9.34. The molecule has 1 amide bonds. The van der Waals surface area contributed by atoms with Crippen LogP contribution < -0.4 is 10.6 Å². The van der Waals surface area contributed by atoms with Crippen molar-refractivity contribution in [1.29, 1.82) is 0 Å². The monoisotopic (exact) mass is 344 g/mol. The molecule has 0 saturated carbocycles. The Bertz CT molecular complexity index is 446. The van der Waals surface area contributed by atoms with E-state index in [0.29, 0.717) is 18.2 Å². The largest absolute Gasteiger partial charge is 0.450 e. The molecule has 1 rings (SSSR count). The molecule has 124 valence electrons. The van der Waals surface area contributed by atoms with Gasteiger partial charge in [-0.05, 0) is 43.0 Å².